The molecule has 0 nitrogen and oxygen atoms in total. The van der Waals surface area contributed by atoms with Crippen molar-refractivity contribution in [2.24, 2.45) is 17.8 Å². The van der Waals surface area contributed by atoms with Gasteiger partial charge in [0.25, 0.3) is 0 Å². The van der Waals surface area contributed by atoms with Crippen LogP contribution in [0.15, 0.2) is 12.2 Å². The van der Waals surface area contributed by atoms with Crippen molar-refractivity contribution in [2.45, 2.75) is 25.7 Å². The number of allylic oxidation sites excluding steroid dienone is 2. The molecular weight excluding hydrogens is 200 g/mol. The second kappa shape index (κ2) is 3.30. The zero-order valence-corrected chi connectivity index (χ0v) is 8.39. The van der Waals surface area contributed by atoms with Crippen molar-refractivity contribution in [3.05, 3.63) is 12.2 Å². The number of hydrogen-bond acceptors (Lipinski definition) is 0. The third kappa shape index (κ3) is 1.53. The molecule has 0 aromatic carbocycles. The average molecular weight is 215 g/mol. The number of alkyl halides is 1. The third-order valence-corrected chi connectivity index (χ3v) is 4.12. The van der Waals surface area contributed by atoms with E-state index in [9.17, 15) is 0 Å². The lowest BCUT2D eigenvalue weighted by molar-refractivity contribution is 0.380. The Morgan fingerprint density at radius 1 is 1.09 bits per heavy atom. The Morgan fingerprint density at radius 3 is 2.09 bits per heavy atom. The van der Waals surface area contributed by atoms with E-state index in [2.05, 4.69) is 28.1 Å². The molecule has 1 fully saturated rings. The van der Waals surface area contributed by atoms with Gasteiger partial charge in [-0.05, 0) is 43.4 Å². The first-order chi connectivity index (χ1) is 5.40. The Hall–Kier alpha value is 0.220. The Balaban J connectivity index is 1.98. The molecule has 0 aliphatic heterocycles. The average Bonchev–Trinajstić information content (AvgIpc) is 2.46. The van der Waals surface area contributed by atoms with Crippen LogP contribution in [-0.4, -0.2) is 5.33 Å². The highest BCUT2D eigenvalue weighted by molar-refractivity contribution is 9.09. The highest BCUT2D eigenvalue weighted by atomic mass is 79.9. The molecule has 0 bridgehead atoms. The third-order valence-electron chi connectivity index (χ3n) is 3.20. The minimum absolute atomic E-state index is 0.977. The second-order valence-electron chi connectivity index (χ2n) is 3.95. The van der Waals surface area contributed by atoms with Gasteiger partial charge in [-0.2, -0.15) is 0 Å². The molecule has 0 heterocycles. The van der Waals surface area contributed by atoms with Crippen LogP contribution in [0.1, 0.15) is 25.7 Å². The fourth-order valence-corrected chi connectivity index (χ4v) is 3.11. The van der Waals surface area contributed by atoms with E-state index in [1.165, 1.54) is 31.0 Å². The van der Waals surface area contributed by atoms with Crippen LogP contribution >= 0.6 is 15.9 Å². The van der Waals surface area contributed by atoms with Crippen LogP contribution < -0.4 is 0 Å². The molecule has 0 amide bonds. The summed E-state index contributed by atoms with van der Waals surface area (Å²) in [5.74, 6) is 3.04. The molecule has 2 aliphatic carbocycles. The number of rotatable bonds is 1. The standard InChI is InChI=1S/C10H15Br/c11-7-8-5-9-3-1-2-4-10(9)6-8/h1-2,8-10H,3-7H2. The van der Waals surface area contributed by atoms with E-state index in [1.807, 2.05) is 0 Å². The van der Waals surface area contributed by atoms with Gasteiger partial charge in [-0.25, -0.2) is 0 Å². The Bertz CT molecular complexity index is 146. The van der Waals surface area contributed by atoms with Gasteiger partial charge in [-0.15, -0.1) is 0 Å². The van der Waals surface area contributed by atoms with Crippen LogP contribution in [0.3, 0.4) is 0 Å². The predicted molar refractivity (Wildman–Crippen MR) is 51.9 cm³/mol. The molecule has 0 aromatic rings. The van der Waals surface area contributed by atoms with Crippen LogP contribution in [0, 0.1) is 17.8 Å². The zero-order valence-electron chi connectivity index (χ0n) is 6.80. The summed E-state index contributed by atoms with van der Waals surface area (Å²) in [5, 5.41) is 1.22. The van der Waals surface area contributed by atoms with E-state index in [4.69, 9.17) is 0 Å². The van der Waals surface area contributed by atoms with E-state index in [0.717, 1.165) is 17.8 Å². The fraction of sp³-hybridized carbons (Fsp3) is 0.800. The molecule has 2 aliphatic rings. The molecule has 2 rings (SSSR count). The Labute approximate surface area is 77.2 Å². The van der Waals surface area contributed by atoms with Crippen molar-refractivity contribution >= 4 is 15.9 Å². The van der Waals surface area contributed by atoms with Crippen LogP contribution in [0.5, 0.6) is 0 Å². The Morgan fingerprint density at radius 2 is 1.64 bits per heavy atom. The molecule has 0 aromatic heterocycles. The second-order valence-corrected chi connectivity index (χ2v) is 4.60. The predicted octanol–water partition coefficient (Wildman–Crippen LogP) is 3.37. The van der Waals surface area contributed by atoms with Gasteiger partial charge in [0.05, 0.1) is 0 Å². The molecule has 0 radical (unpaired) electrons. The van der Waals surface area contributed by atoms with E-state index in [-0.39, 0.29) is 0 Å². The lowest BCUT2D eigenvalue weighted by Crippen LogP contribution is -2.08. The first-order valence-corrected chi connectivity index (χ1v) is 5.73. The van der Waals surface area contributed by atoms with Crippen molar-refractivity contribution < 1.29 is 0 Å². The lowest BCUT2D eigenvalue weighted by atomic mass is 9.86. The molecule has 0 N–H and O–H groups in total. The lowest BCUT2D eigenvalue weighted by Gasteiger charge is -2.19. The van der Waals surface area contributed by atoms with Crippen LogP contribution in [0.25, 0.3) is 0 Å². The topological polar surface area (TPSA) is 0 Å². The van der Waals surface area contributed by atoms with E-state index >= 15 is 0 Å². The summed E-state index contributed by atoms with van der Waals surface area (Å²) in [6, 6.07) is 0. The molecule has 1 saturated carbocycles. The number of hydrogen-bond donors (Lipinski definition) is 0. The van der Waals surface area contributed by atoms with Crippen molar-refractivity contribution in [3.8, 4) is 0 Å². The largest absolute Gasteiger partial charge is 0.0925 e. The summed E-state index contributed by atoms with van der Waals surface area (Å²) in [7, 11) is 0. The molecule has 1 heteroatoms. The maximum atomic E-state index is 3.59. The molecule has 11 heavy (non-hydrogen) atoms. The van der Waals surface area contributed by atoms with Crippen molar-refractivity contribution in [1.29, 1.82) is 0 Å². The van der Waals surface area contributed by atoms with Crippen molar-refractivity contribution in [3.63, 3.8) is 0 Å². The zero-order chi connectivity index (χ0) is 7.68. The first-order valence-electron chi connectivity index (χ1n) is 4.61. The van der Waals surface area contributed by atoms with Crippen LogP contribution in [0.2, 0.25) is 0 Å². The number of fused-ring (bicyclic) bond motifs is 1. The van der Waals surface area contributed by atoms with Gasteiger partial charge in [-0.1, -0.05) is 28.1 Å². The summed E-state index contributed by atoms with van der Waals surface area (Å²) in [4.78, 5) is 0. The normalized spacial score (nSPS) is 42.5. The highest BCUT2D eigenvalue weighted by Gasteiger charge is 2.33. The van der Waals surface area contributed by atoms with Crippen molar-refractivity contribution in [2.75, 3.05) is 5.33 Å². The molecule has 0 spiro atoms. The highest BCUT2D eigenvalue weighted by Crippen LogP contribution is 2.43. The quantitative estimate of drug-likeness (QED) is 0.464. The van der Waals surface area contributed by atoms with E-state index in [1.54, 1.807) is 0 Å². The molecule has 62 valence electrons. The van der Waals surface area contributed by atoms with Gasteiger partial charge in [0.1, 0.15) is 0 Å². The maximum Gasteiger partial charge on any atom is 0.00598 e. The monoisotopic (exact) mass is 214 g/mol. The summed E-state index contributed by atoms with van der Waals surface area (Å²) in [6.07, 6.45) is 10.4. The first kappa shape index (κ1) is 7.85. The smallest absolute Gasteiger partial charge is 0.00598 e. The van der Waals surface area contributed by atoms with Gasteiger partial charge >= 0.3 is 0 Å². The van der Waals surface area contributed by atoms with E-state index < -0.39 is 0 Å². The summed E-state index contributed by atoms with van der Waals surface area (Å²) >= 11 is 3.59. The minimum Gasteiger partial charge on any atom is -0.0925 e. The Kier molecular flexibility index (Phi) is 2.36. The summed E-state index contributed by atoms with van der Waals surface area (Å²) in [5.41, 5.74) is 0. The van der Waals surface area contributed by atoms with Crippen molar-refractivity contribution in [1.82, 2.24) is 0 Å². The molecule has 0 saturated heterocycles. The molecular formula is C10H15Br. The van der Waals surface area contributed by atoms with Crippen LogP contribution in [0.4, 0.5) is 0 Å². The van der Waals surface area contributed by atoms with Gasteiger partial charge in [0.2, 0.25) is 0 Å². The number of halogens is 1. The summed E-state index contributed by atoms with van der Waals surface area (Å²) < 4.78 is 0. The van der Waals surface area contributed by atoms with Crippen LogP contribution in [-0.2, 0) is 0 Å². The SMILES string of the molecule is BrCC1CC2CC=CCC2C1. The van der Waals surface area contributed by atoms with Gasteiger partial charge in [-0.3, -0.25) is 0 Å². The van der Waals surface area contributed by atoms with Gasteiger partial charge in [0.15, 0.2) is 0 Å². The van der Waals surface area contributed by atoms with E-state index in [0.29, 0.717) is 0 Å². The van der Waals surface area contributed by atoms with Gasteiger partial charge < -0.3 is 0 Å². The minimum atomic E-state index is 0.977. The molecule has 2 atom stereocenters. The maximum absolute atomic E-state index is 3.59. The summed E-state index contributed by atoms with van der Waals surface area (Å²) in [6.45, 7) is 0. The molecule has 2 unspecified atom stereocenters. The fourth-order valence-electron chi connectivity index (χ4n) is 2.58. The van der Waals surface area contributed by atoms with Gasteiger partial charge in [0, 0.05) is 5.33 Å².